The van der Waals surface area contributed by atoms with Gasteiger partial charge in [0.15, 0.2) is 0 Å². The van der Waals surface area contributed by atoms with Gasteiger partial charge in [0.2, 0.25) is 11.8 Å². The Bertz CT molecular complexity index is 677. The van der Waals surface area contributed by atoms with Crippen LogP contribution in [0.15, 0.2) is 30.3 Å². The Hall–Kier alpha value is -1.88. The van der Waals surface area contributed by atoms with Crippen molar-refractivity contribution in [3.63, 3.8) is 0 Å². The normalized spacial score (nSPS) is 26.3. The molecule has 0 bridgehead atoms. The Morgan fingerprint density at radius 2 is 1.84 bits per heavy atom. The van der Waals surface area contributed by atoms with Gasteiger partial charge in [0.1, 0.15) is 0 Å². The van der Waals surface area contributed by atoms with Crippen molar-refractivity contribution in [2.75, 3.05) is 33.2 Å². The molecule has 1 unspecified atom stereocenters. The summed E-state index contributed by atoms with van der Waals surface area (Å²) in [5.74, 6) is 0.368. The molecule has 25 heavy (non-hydrogen) atoms. The van der Waals surface area contributed by atoms with E-state index in [-0.39, 0.29) is 28.6 Å². The van der Waals surface area contributed by atoms with Gasteiger partial charge in [-0.05, 0) is 18.4 Å². The van der Waals surface area contributed by atoms with Gasteiger partial charge in [-0.3, -0.25) is 14.5 Å². The van der Waals surface area contributed by atoms with Crippen LogP contribution in [0.2, 0.25) is 0 Å². The lowest BCUT2D eigenvalue weighted by atomic mass is 9.70. The van der Waals surface area contributed by atoms with Gasteiger partial charge >= 0.3 is 0 Å². The highest BCUT2D eigenvalue weighted by Gasteiger charge is 2.60. The van der Waals surface area contributed by atoms with Crippen molar-refractivity contribution in [3.8, 4) is 0 Å². The maximum Gasteiger partial charge on any atom is 0.228 e. The van der Waals surface area contributed by atoms with E-state index in [9.17, 15) is 9.59 Å². The Labute approximate surface area is 149 Å². The number of nitrogens with zero attached hydrogens (tertiary/aromatic N) is 2. The molecule has 1 aliphatic carbocycles. The molecule has 3 aliphatic rings. The van der Waals surface area contributed by atoms with Crippen molar-refractivity contribution in [3.05, 3.63) is 35.9 Å². The highest BCUT2D eigenvalue weighted by molar-refractivity contribution is 5.86. The molecule has 1 spiro atoms. The molecule has 3 fully saturated rings. The monoisotopic (exact) mass is 341 g/mol. The number of carbonyl (C=O) groups excluding carboxylic acids is 2. The minimum absolute atomic E-state index is 0.0303. The number of hydrogen-bond donors (Lipinski definition) is 1. The summed E-state index contributed by atoms with van der Waals surface area (Å²) in [4.78, 5) is 29.4. The number of carbonyl (C=O) groups is 2. The molecule has 1 saturated carbocycles. The summed E-state index contributed by atoms with van der Waals surface area (Å²) in [6, 6.07) is 10.4. The van der Waals surface area contributed by atoms with E-state index in [1.165, 1.54) is 5.56 Å². The van der Waals surface area contributed by atoms with Gasteiger partial charge in [-0.2, -0.15) is 0 Å². The highest BCUT2D eigenvalue weighted by atomic mass is 16.2. The molecule has 1 N–H and O–H groups in total. The van der Waals surface area contributed by atoms with E-state index in [2.05, 4.69) is 41.4 Å². The van der Waals surface area contributed by atoms with Gasteiger partial charge in [0.05, 0.1) is 5.92 Å². The lowest BCUT2D eigenvalue weighted by Gasteiger charge is -2.51. The Morgan fingerprint density at radius 1 is 1.16 bits per heavy atom. The number of nitrogens with one attached hydrogen (secondary N) is 1. The molecule has 2 saturated heterocycles. The Balaban J connectivity index is 1.46. The molecule has 134 valence electrons. The molecule has 2 amide bonds. The van der Waals surface area contributed by atoms with Crippen LogP contribution < -0.4 is 5.32 Å². The average Bonchev–Trinajstić information content (AvgIpc) is 3.22. The third-order valence-electron chi connectivity index (χ3n) is 6.35. The lowest BCUT2D eigenvalue weighted by Crippen LogP contribution is -2.64. The van der Waals surface area contributed by atoms with Crippen LogP contribution in [0.3, 0.4) is 0 Å². The highest BCUT2D eigenvalue weighted by Crippen LogP contribution is 2.51. The Kier molecular flexibility index (Phi) is 3.87. The smallest absolute Gasteiger partial charge is 0.228 e. The van der Waals surface area contributed by atoms with E-state index in [1.54, 1.807) is 7.05 Å². The maximum atomic E-state index is 12.6. The van der Waals surface area contributed by atoms with E-state index >= 15 is 0 Å². The summed E-state index contributed by atoms with van der Waals surface area (Å²) in [7, 11) is 1.71. The van der Waals surface area contributed by atoms with Crippen molar-refractivity contribution in [1.29, 1.82) is 0 Å². The fourth-order valence-corrected chi connectivity index (χ4v) is 4.53. The summed E-state index contributed by atoms with van der Waals surface area (Å²) < 4.78 is 0. The van der Waals surface area contributed by atoms with Gasteiger partial charge in [-0.15, -0.1) is 0 Å². The molecular weight excluding hydrogens is 314 g/mol. The first kappa shape index (κ1) is 16.6. The van der Waals surface area contributed by atoms with Crippen LogP contribution in [0.4, 0.5) is 0 Å². The predicted molar refractivity (Wildman–Crippen MR) is 95.6 cm³/mol. The second kappa shape index (κ2) is 5.84. The summed E-state index contributed by atoms with van der Waals surface area (Å²) in [5, 5.41) is 2.83. The number of likely N-dealkylation sites (tertiary alicyclic amines) is 2. The van der Waals surface area contributed by atoms with Crippen LogP contribution in [0.1, 0.15) is 25.3 Å². The number of hydrogen-bond acceptors (Lipinski definition) is 3. The quantitative estimate of drug-likeness (QED) is 0.903. The Morgan fingerprint density at radius 3 is 2.44 bits per heavy atom. The molecular formula is C20H27N3O2. The minimum Gasteiger partial charge on any atom is -0.359 e. The van der Waals surface area contributed by atoms with Crippen LogP contribution in [-0.2, 0) is 16.1 Å². The molecule has 4 rings (SSSR count). The van der Waals surface area contributed by atoms with Crippen molar-refractivity contribution in [2.45, 2.75) is 26.3 Å². The third-order valence-corrected chi connectivity index (χ3v) is 6.35. The maximum absolute atomic E-state index is 12.6. The topological polar surface area (TPSA) is 52.7 Å². The molecule has 0 radical (unpaired) electrons. The first-order chi connectivity index (χ1) is 12.0. The molecule has 0 aromatic heterocycles. The van der Waals surface area contributed by atoms with Gasteiger partial charge in [0, 0.05) is 50.6 Å². The number of benzene rings is 1. The summed E-state index contributed by atoms with van der Waals surface area (Å²) >= 11 is 0. The van der Waals surface area contributed by atoms with Crippen LogP contribution in [0.25, 0.3) is 0 Å². The first-order valence-corrected chi connectivity index (χ1v) is 9.23. The van der Waals surface area contributed by atoms with Crippen molar-refractivity contribution < 1.29 is 9.59 Å². The van der Waals surface area contributed by atoms with Crippen molar-refractivity contribution in [1.82, 2.24) is 15.1 Å². The van der Waals surface area contributed by atoms with Gasteiger partial charge in [-0.1, -0.05) is 37.3 Å². The second-order valence-electron chi connectivity index (χ2n) is 8.41. The SMILES string of the molecule is CNC(=O)C1CN(Cc2ccccc2)CC12CN(C(=O)C1(C)CC1)C2. The van der Waals surface area contributed by atoms with E-state index in [0.29, 0.717) is 0 Å². The number of amides is 2. The van der Waals surface area contributed by atoms with Gasteiger partial charge < -0.3 is 10.2 Å². The van der Waals surface area contributed by atoms with Crippen LogP contribution in [-0.4, -0.2) is 54.8 Å². The molecule has 5 heteroatoms. The summed E-state index contributed by atoms with van der Waals surface area (Å²) in [5.41, 5.74) is 1.08. The first-order valence-electron chi connectivity index (χ1n) is 9.23. The van der Waals surface area contributed by atoms with Crippen molar-refractivity contribution >= 4 is 11.8 Å². The van der Waals surface area contributed by atoms with Crippen LogP contribution >= 0.6 is 0 Å². The van der Waals surface area contributed by atoms with E-state index in [4.69, 9.17) is 0 Å². The van der Waals surface area contributed by atoms with Gasteiger partial charge in [0.25, 0.3) is 0 Å². The average molecular weight is 341 g/mol. The van der Waals surface area contributed by atoms with E-state index in [1.807, 2.05) is 11.0 Å². The largest absolute Gasteiger partial charge is 0.359 e. The fourth-order valence-electron chi connectivity index (χ4n) is 4.53. The standard InChI is InChI=1S/C20H27N3O2/c1-19(8-9-19)18(25)23-13-20(14-23)12-22(11-16(20)17(24)21-2)10-15-6-4-3-5-7-15/h3-7,16H,8-14H2,1-2H3,(H,21,24). The lowest BCUT2D eigenvalue weighted by molar-refractivity contribution is -0.154. The number of rotatable bonds is 4. The molecule has 2 aliphatic heterocycles. The molecule has 2 heterocycles. The van der Waals surface area contributed by atoms with E-state index < -0.39 is 0 Å². The molecule has 1 aromatic carbocycles. The fraction of sp³-hybridized carbons (Fsp3) is 0.600. The van der Waals surface area contributed by atoms with E-state index in [0.717, 1.165) is 45.6 Å². The van der Waals surface area contributed by atoms with Crippen LogP contribution in [0, 0.1) is 16.7 Å². The molecule has 1 aromatic rings. The molecule has 5 nitrogen and oxygen atoms in total. The molecule has 1 atom stereocenters. The summed E-state index contributed by atoms with van der Waals surface area (Å²) in [6.45, 7) is 6.04. The summed E-state index contributed by atoms with van der Waals surface area (Å²) in [6.07, 6.45) is 2.02. The van der Waals surface area contributed by atoms with Crippen LogP contribution in [0.5, 0.6) is 0 Å². The third kappa shape index (κ3) is 2.84. The minimum atomic E-state index is -0.119. The predicted octanol–water partition coefficient (Wildman–Crippen LogP) is 1.49. The zero-order chi connectivity index (χ0) is 17.7. The second-order valence-corrected chi connectivity index (χ2v) is 8.41. The zero-order valence-electron chi connectivity index (χ0n) is 15.1. The van der Waals surface area contributed by atoms with Gasteiger partial charge in [-0.25, -0.2) is 0 Å². The zero-order valence-corrected chi connectivity index (χ0v) is 15.1. The van der Waals surface area contributed by atoms with Crippen molar-refractivity contribution in [2.24, 2.45) is 16.7 Å².